The number of hydrogen-bond donors (Lipinski definition) is 2. The van der Waals surface area contributed by atoms with E-state index in [1.165, 1.54) is 12.0 Å². The van der Waals surface area contributed by atoms with Crippen molar-refractivity contribution in [3.63, 3.8) is 0 Å². The summed E-state index contributed by atoms with van der Waals surface area (Å²) in [5, 5.41) is 23.9. The standard InChI is InChI=1S/C63H92BNO16/c1-39-20-14-12-15-21-40(2)52(74-9)35-48-29-27-42(4)58(69)63(73,81-48)60(71)65-31-19-18-24-49(65)59(70)79-53(36-50(66)43(5)32-45(7)56(68)57(76-11)55(67)41(3)26-25-39)44(6)33-46-28-30-51(54(34-46)75-10)80-61(72)62(8)37-77-64(78-38-62)47-22-16-13-17-23-47/h12-17,20-23,32,39,41-44,46,48-49,51-54,56-57,68,73H,18-19,24-31,33-38H2,1-11H3/b15-12+,20-14+,40-21?,45-32+/t39-,41-,42-,43-,44-,46+,48+,49+,51-,52+,53+,54-,56-,57+,63?/m1/s1. The third kappa shape index (κ3) is 17.0. The van der Waals surface area contributed by atoms with Gasteiger partial charge in [-0.05, 0) is 126 Å². The first kappa shape index (κ1) is 65.5. The fourth-order valence-electron chi connectivity index (χ4n) is 12.0. The molecule has 3 saturated heterocycles. The van der Waals surface area contributed by atoms with E-state index in [4.69, 9.17) is 37.7 Å². The van der Waals surface area contributed by atoms with Crippen molar-refractivity contribution in [1.82, 2.24) is 4.90 Å². The van der Waals surface area contributed by atoms with E-state index >= 15 is 0 Å². The topological polar surface area (TPSA) is 220 Å². The Labute approximate surface area is 481 Å². The minimum Gasteiger partial charge on any atom is -0.460 e. The summed E-state index contributed by atoms with van der Waals surface area (Å²) in [6.07, 6.45) is 10.8. The number of carbonyl (C=O) groups is 6. The van der Waals surface area contributed by atoms with E-state index in [-0.39, 0.29) is 62.4 Å². The molecule has 1 aliphatic carbocycles. The molecule has 1 aromatic rings. The first-order chi connectivity index (χ1) is 38.5. The van der Waals surface area contributed by atoms with Crippen LogP contribution in [-0.2, 0) is 66.5 Å². The van der Waals surface area contributed by atoms with Gasteiger partial charge in [0.1, 0.15) is 41.7 Å². The van der Waals surface area contributed by atoms with Gasteiger partial charge in [0.25, 0.3) is 5.91 Å². The van der Waals surface area contributed by atoms with E-state index < -0.39 is 114 Å². The van der Waals surface area contributed by atoms with Crippen LogP contribution >= 0.6 is 0 Å². The number of piperidine rings is 1. The summed E-state index contributed by atoms with van der Waals surface area (Å²) in [5.74, 6) is -8.74. The van der Waals surface area contributed by atoms with Crippen molar-refractivity contribution in [2.45, 2.75) is 193 Å². The third-order valence-electron chi connectivity index (χ3n) is 17.6. The second-order valence-electron chi connectivity index (χ2n) is 24.2. The molecule has 1 aromatic carbocycles. The number of ether oxygens (including phenoxy) is 6. The molecule has 2 bridgehead atoms. The van der Waals surface area contributed by atoms with Crippen LogP contribution in [0.5, 0.6) is 0 Å². The Morgan fingerprint density at radius 2 is 1.52 bits per heavy atom. The highest BCUT2D eigenvalue weighted by Crippen LogP contribution is 2.38. The molecule has 1 unspecified atom stereocenters. The summed E-state index contributed by atoms with van der Waals surface area (Å²) >= 11 is 0. The number of esters is 2. The highest BCUT2D eigenvalue weighted by Gasteiger charge is 2.55. The normalized spacial score (nSPS) is 36.0. The van der Waals surface area contributed by atoms with Gasteiger partial charge in [0.05, 0.1) is 18.3 Å². The average molecular weight is 1130 g/mol. The summed E-state index contributed by atoms with van der Waals surface area (Å²) in [7, 11) is 3.93. The van der Waals surface area contributed by atoms with Gasteiger partial charge >= 0.3 is 24.8 Å². The lowest BCUT2D eigenvalue weighted by atomic mass is 9.75. The van der Waals surface area contributed by atoms with Crippen molar-refractivity contribution < 1.29 is 76.7 Å². The number of allylic oxidation sites excluding steroid dienone is 6. The van der Waals surface area contributed by atoms with E-state index in [1.807, 2.05) is 75.4 Å². The molecule has 4 heterocycles. The van der Waals surface area contributed by atoms with Crippen LogP contribution in [0.2, 0.25) is 0 Å². The molecule has 4 aliphatic heterocycles. The van der Waals surface area contributed by atoms with Gasteiger partial charge in [-0.1, -0.05) is 101 Å². The minimum atomic E-state index is -2.89. The molecular formula is C63H92BNO16. The molecule has 1 amide bonds. The largest absolute Gasteiger partial charge is 0.493 e. The molecule has 4 fully saturated rings. The van der Waals surface area contributed by atoms with Gasteiger partial charge in [-0.15, -0.1) is 0 Å². The molecule has 5 aliphatic rings. The molecule has 0 aromatic heterocycles. The number of fused-ring (bicyclic) bond motifs is 3. The number of cyclic esters (lactones) is 1. The van der Waals surface area contributed by atoms with Crippen LogP contribution < -0.4 is 5.46 Å². The van der Waals surface area contributed by atoms with Gasteiger partial charge in [-0.3, -0.25) is 24.0 Å². The van der Waals surface area contributed by atoms with Crippen LogP contribution in [0.1, 0.15) is 139 Å². The van der Waals surface area contributed by atoms with Crippen molar-refractivity contribution in [1.29, 1.82) is 0 Å². The van der Waals surface area contributed by atoms with Gasteiger partial charge in [-0.2, -0.15) is 0 Å². The molecule has 81 heavy (non-hydrogen) atoms. The Morgan fingerprint density at radius 1 is 0.815 bits per heavy atom. The zero-order valence-electron chi connectivity index (χ0n) is 49.9. The van der Waals surface area contributed by atoms with Crippen molar-refractivity contribution in [2.75, 3.05) is 41.1 Å². The quantitative estimate of drug-likeness (QED) is 0.105. The van der Waals surface area contributed by atoms with E-state index in [1.54, 1.807) is 48.0 Å². The number of rotatable bonds is 9. The number of methoxy groups -OCH3 is 3. The van der Waals surface area contributed by atoms with E-state index in [2.05, 4.69) is 13.0 Å². The molecular weight excluding hydrogens is 1040 g/mol. The van der Waals surface area contributed by atoms with Gasteiger partial charge in [0.2, 0.25) is 5.78 Å². The van der Waals surface area contributed by atoms with Crippen molar-refractivity contribution in [3.8, 4) is 0 Å². The number of amides is 1. The number of benzene rings is 1. The van der Waals surface area contributed by atoms with Gasteiger partial charge in [0, 0.05) is 71.7 Å². The minimum absolute atomic E-state index is 0.00358. The lowest BCUT2D eigenvalue weighted by Gasteiger charge is -2.41. The Kier molecular flexibility index (Phi) is 24.5. The fourth-order valence-corrected chi connectivity index (χ4v) is 12.0. The number of ketones is 3. The highest BCUT2D eigenvalue weighted by atomic mass is 16.6. The Hall–Kier alpha value is -4.66. The average Bonchev–Trinajstić information content (AvgIpc) is 3.72. The number of aliphatic hydroxyl groups excluding tert-OH is 1. The van der Waals surface area contributed by atoms with Crippen LogP contribution in [0.15, 0.2) is 77.9 Å². The van der Waals surface area contributed by atoms with Crippen molar-refractivity contribution >= 4 is 47.8 Å². The van der Waals surface area contributed by atoms with Gasteiger partial charge in [0.15, 0.2) is 5.78 Å². The molecule has 0 radical (unpaired) electrons. The number of hydrogen-bond acceptors (Lipinski definition) is 16. The molecule has 2 N–H and O–H groups in total. The van der Waals surface area contributed by atoms with Crippen molar-refractivity contribution in [2.24, 2.45) is 40.9 Å². The first-order valence-electron chi connectivity index (χ1n) is 29.5. The zero-order valence-corrected chi connectivity index (χ0v) is 49.9. The maximum Gasteiger partial charge on any atom is 0.493 e. The fraction of sp³-hybridized carbons (Fsp3) is 0.683. The monoisotopic (exact) mass is 1130 g/mol. The van der Waals surface area contributed by atoms with Crippen LogP contribution in [0.3, 0.4) is 0 Å². The molecule has 18 heteroatoms. The maximum atomic E-state index is 14.9. The Balaban J connectivity index is 1.25. The molecule has 448 valence electrons. The van der Waals surface area contributed by atoms with Crippen LogP contribution in [0, 0.1) is 40.9 Å². The number of Topliss-reactive ketones (excluding diaryl/α,β-unsaturated/α-hetero) is 3. The summed E-state index contributed by atoms with van der Waals surface area (Å²) in [4.78, 5) is 87.1. The van der Waals surface area contributed by atoms with E-state index in [9.17, 15) is 39.0 Å². The van der Waals surface area contributed by atoms with Gasteiger partial charge < -0.3 is 52.8 Å². The van der Waals surface area contributed by atoms with E-state index in [0.29, 0.717) is 69.8 Å². The summed E-state index contributed by atoms with van der Waals surface area (Å²) in [6.45, 7) is 14.7. The lowest BCUT2D eigenvalue weighted by Crippen LogP contribution is -2.62. The van der Waals surface area contributed by atoms with Crippen LogP contribution in [0.25, 0.3) is 0 Å². The SMILES string of the molecule is CO[C@H]1C[C@@H]2CC[C@@H](C)C(=O)C(O)(O2)C(=O)N2CCCC[C@H]2C(=O)O[C@H]([C@H](C)C[C@@H]2CC[C@@H](OC(=O)C3(C)COB(c4ccccc4)OC3)[C@H](OC)C2)CC(=O)[C@H](C)/C=C(\C)[C@@H](O)[C@@H](OC)C(=O)[C@H](C)CC[C@H](C)/C=C/C=C/C=C1C. The predicted octanol–water partition coefficient (Wildman–Crippen LogP) is 7.57. The lowest BCUT2D eigenvalue weighted by molar-refractivity contribution is -0.231. The van der Waals surface area contributed by atoms with Crippen molar-refractivity contribution in [3.05, 3.63) is 77.9 Å². The maximum absolute atomic E-state index is 14.9. The summed E-state index contributed by atoms with van der Waals surface area (Å²) < 4.78 is 48.3. The predicted molar refractivity (Wildman–Crippen MR) is 305 cm³/mol. The highest BCUT2D eigenvalue weighted by molar-refractivity contribution is 6.61. The number of aliphatic hydroxyl groups is 2. The number of carbonyl (C=O) groups excluding carboxylic acids is 6. The molecule has 1 saturated carbocycles. The first-order valence-corrected chi connectivity index (χ1v) is 29.5. The smallest absolute Gasteiger partial charge is 0.460 e. The Bertz CT molecular complexity index is 2420. The molecule has 15 atom stereocenters. The van der Waals surface area contributed by atoms with Crippen LogP contribution in [0.4, 0.5) is 0 Å². The second-order valence-corrected chi connectivity index (χ2v) is 24.2. The van der Waals surface area contributed by atoms with Crippen LogP contribution in [-0.4, -0.2) is 153 Å². The zero-order chi connectivity index (χ0) is 59.2. The molecule has 17 nitrogen and oxygen atoms in total. The third-order valence-corrected chi connectivity index (χ3v) is 17.6. The molecule has 0 spiro atoms. The second kappa shape index (κ2) is 30.2. The molecule has 6 rings (SSSR count). The summed E-state index contributed by atoms with van der Waals surface area (Å²) in [6, 6.07) is 8.31. The Morgan fingerprint density at radius 3 is 2.20 bits per heavy atom. The van der Waals surface area contributed by atoms with Gasteiger partial charge in [-0.25, -0.2) is 4.79 Å². The number of nitrogens with zero attached hydrogens (tertiary/aromatic N) is 1. The summed E-state index contributed by atoms with van der Waals surface area (Å²) in [5.41, 5.74) is 1.04. The van der Waals surface area contributed by atoms with E-state index in [0.717, 1.165) is 11.0 Å².